The Kier molecular flexibility index (Phi) is 4.95. The molecule has 0 radical (unpaired) electrons. The number of rotatable bonds is 0. The van der Waals surface area contributed by atoms with Crippen LogP contribution in [0.15, 0.2) is 8.95 Å². The van der Waals surface area contributed by atoms with Gasteiger partial charge in [0, 0.05) is 7.14 Å². The highest BCUT2D eigenvalue weighted by Crippen LogP contribution is 2.42. The third-order valence-corrected chi connectivity index (χ3v) is 8.23. The van der Waals surface area contributed by atoms with Gasteiger partial charge in [-0.05, 0) is 77.0 Å². The summed E-state index contributed by atoms with van der Waals surface area (Å²) in [7, 11) is 0. The van der Waals surface area contributed by atoms with Gasteiger partial charge in [0.25, 0.3) is 0 Å². The van der Waals surface area contributed by atoms with E-state index in [0.717, 1.165) is 16.1 Å². The van der Waals surface area contributed by atoms with Crippen LogP contribution in [0.4, 0.5) is 0 Å². The number of hydrogen-bond donors (Lipinski definition) is 0. The zero-order chi connectivity index (χ0) is 9.46. The Bertz CT molecular complexity index is 236. The Morgan fingerprint density at radius 3 is 1.33 bits per heavy atom. The first-order valence-corrected chi connectivity index (χ1v) is 7.13. The molecule has 0 fully saturated rings. The molecule has 1 aromatic carbocycles. The minimum absolute atomic E-state index is 0.691. The van der Waals surface area contributed by atoms with Crippen molar-refractivity contribution in [1.82, 2.24) is 0 Å². The molecule has 0 amide bonds. The molecular weight excluding hydrogens is 557 g/mol. The van der Waals surface area contributed by atoms with Gasteiger partial charge in [0.2, 0.25) is 0 Å². The predicted molar refractivity (Wildman–Crippen MR) is 77.3 cm³/mol. The summed E-state index contributed by atoms with van der Waals surface area (Å²) in [5, 5.41) is 1.38. The van der Waals surface area contributed by atoms with Gasteiger partial charge >= 0.3 is 0 Å². The number of hydrogen-bond acceptors (Lipinski definition) is 0. The molecule has 0 aliphatic heterocycles. The van der Waals surface area contributed by atoms with E-state index in [1.807, 2.05) is 0 Å². The molecule has 1 aromatic rings. The Balaban J connectivity index is 3.60. The van der Waals surface area contributed by atoms with E-state index in [1.165, 1.54) is 0 Å². The van der Waals surface area contributed by atoms with Crippen LogP contribution in [0.2, 0.25) is 10.0 Å². The zero-order valence-electron chi connectivity index (χ0n) is 5.27. The van der Waals surface area contributed by atoms with Gasteiger partial charge in [0.1, 0.15) is 0 Å². The molecule has 1 rings (SSSR count). The van der Waals surface area contributed by atoms with Crippen LogP contribution in [-0.2, 0) is 0 Å². The van der Waals surface area contributed by atoms with Crippen molar-refractivity contribution < 1.29 is 0 Å². The van der Waals surface area contributed by atoms with Crippen molar-refractivity contribution in [2.75, 3.05) is 0 Å². The minimum Gasteiger partial charge on any atom is -0.0819 e. The van der Waals surface area contributed by atoms with E-state index in [-0.39, 0.29) is 0 Å². The van der Waals surface area contributed by atoms with Crippen molar-refractivity contribution >= 4 is 100 Å². The molecule has 0 nitrogen and oxygen atoms in total. The van der Waals surface area contributed by atoms with E-state index < -0.39 is 0 Å². The standard InChI is InChI=1S/C6Br2Cl2I2/c7-1-3(9)6(12)2(8)4(10)5(1)11. The molecule has 0 unspecified atom stereocenters. The average Bonchev–Trinajstić information content (AvgIpc) is 2.08. The monoisotopic (exact) mass is 554 g/mol. The second-order valence-corrected chi connectivity index (χ2v) is 6.38. The van der Waals surface area contributed by atoms with E-state index in [0.29, 0.717) is 10.0 Å². The molecule has 12 heavy (non-hydrogen) atoms. The molecule has 0 saturated heterocycles. The van der Waals surface area contributed by atoms with Gasteiger partial charge in [-0.1, -0.05) is 23.2 Å². The number of halogens is 6. The SMILES string of the molecule is Clc1c(Br)c(I)c(Cl)c(Br)c1I. The summed E-state index contributed by atoms with van der Waals surface area (Å²) in [6.07, 6.45) is 0. The van der Waals surface area contributed by atoms with Crippen molar-refractivity contribution in [3.8, 4) is 0 Å². The second kappa shape index (κ2) is 4.83. The van der Waals surface area contributed by atoms with E-state index in [4.69, 9.17) is 23.2 Å². The third-order valence-electron chi connectivity index (χ3n) is 1.16. The van der Waals surface area contributed by atoms with E-state index >= 15 is 0 Å². The van der Waals surface area contributed by atoms with Crippen molar-refractivity contribution in [3.05, 3.63) is 26.1 Å². The highest BCUT2D eigenvalue weighted by molar-refractivity contribution is 14.1. The summed E-state index contributed by atoms with van der Waals surface area (Å²) in [6.45, 7) is 0. The molecule has 0 bridgehead atoms. The Morgan fingerprint density at radius 1 is 0.833 bits per heavy atom. The fraction of sp³-hybridized carbons (Fsp3) is 0. The van der Waals surface area contributed by atoms with Crippen LogP contribution in [0.1, 0.15) is 0 Å². The molecule has 0 spiro atoms. The largest absolute Gasteiger partial charge is 0.0819 e. The lowest BCUT2D eigenvalue weighted by Gasteiger charge is -2.07. The maximum Gasteiger partial charge on any atom is 0.0704 e. The van der Waals surface area contributed by atoms with Crippen molar-refractivity contribution in [1.29, 1.82) is 0 Å². The molecule has 0 atom stereocenters. The second-order valence-electron chi connectivity index (χ2n) is 1.88. The topological polar surface area (TPSA) is 0 Å². The van der Waals surface area contributed by atoms with E-state index in [1.54, 1.807) is 0 Å². The van der Waals surface area contributed by atoms with Crippen molar-refractivity contribution in [2.24, 2.45) is 0 Å². The Labute approximate surface area is 124 Å². The van der Waals surface area contributed by atoms with Crippen LogP contribution in [-0.4, -0.2) is 0 Å². The van der Waals surface area contributed by atoms with E-state index in [9.17, 15) is 0 Å². The fourth-order valence-corrected chi connectivity index (χ4v) is 4.12. The van der Waals surface area contributed by atoms with Gasteiger partial charge in [0.05, 0.1) is 19.0 Å². The molecule has 0 saturated carbocycles. The van der Waals surface area contributed by atoms with Crippen LogP contribution in [0.5, 0.6) is 0 Å². The summed E-state index contributed by atoms with van der Waals surface area (Å²) < 4.78 is 3.54. The normalized spacial score (nSPS) is 10.5. The third kappa shape index (κ3) is 2.24. The van der Waals surface area contributed by atoms with Crippen LogP contribution in [0.3, 0.4) is 0 Å². The summed E-state index contributed by atoms with van der Waals surface area (Å²) in [5.74, 6) is 0. The Hall–Kier alpha value is 2.22. The van der Waals surface area contributed by atoms with Crippen molar-refractivity contribution in [3.63, 3.8) is 0 Å². The molecule has 0 heterocycles. The molecule has 66 valence electrons. The minimum atomic E-state index is 0.691. The van der Waals surface area contributed by atoms with Crippen LogP contribution < -0.4 is 0 Å². The number of benzene rings is 1. The van der Waals surface area contributed by atoms with E-state index in [2.05, 4.69) is 77.0 Å². The van der Waals surface area contributed by atoms with Crippen LogP contribution in [0.25, 0.3) is 0 Å². The lowest BCUT2D eigenvalue weighted by atomic mass is 10.4. The lowest BCUT2D eigenvalue weighted by Crippen LogP contribution is -1.86. The lowest BCUT2D eigenvalue weighted by molar-refractivity contribution is 1.50. The Morgan fingerprint density at radius 2 is 1.08 bits per heavy atom. The highest BCUT2D eigenvalue weighted by atomic mass is 127. The average molecular weight is 557 g/mol. The first-order chi connectivity index (χ1) is 5.46. The maximum atomic E-state index is 6.01. The zero-order valence-corrected chi connectivity index (χ0v) is 14.3. The summed E-state index contributed by atoms with van der Waals surface area (Å²) in [5.41, 5.74) is 0. The van der Waals surface area contributed by atoms with Crippen LogP contribution >= 0.6 is 100 Å². The molecule has 0 aromatic heterocycles. The van der Waals surface area contributed by atoms with Gasteiger partial charge in [0.15, 0.2) is 0 Å². The summed E-state index contributed by atoms with van der Waals surface area (Å²) in [4.78, 5) is 0. The summed E-state index contributed by atoms with van der Waals surface area (Å²) in [6, 6.07) is 0. The predicted octanol–water partition coefficient (Wildman–Crippen LogP) is 5.73. The van der Waals surface area contributed by atoms with Gasteiger partial charge in [-0.15, -0.1) is 0 Å². The van der Waals surface area contributed by atoms with Gasteiger partial charge in [-0.3, -0.25) is 0 Å². The smallest absolute Gasteiger partial charge is 0.0704 e. The first kappa shape index (κ1) is 12.3. The summed E-state index contributed by atoms with van der Waals surface area (Å²) >= 11 is 23.0. The molecule has 0 N–H and O–H groups in total. The first-order valence-electron chi connectivity index (χ1n) is 2.63. The molecule has 6 heteroatoms. The molecule has 0 aliphatic rings. The molecular formula is C6Br2Cl2I2. The highest BCUT2D eigenvalue weighted by Gasteiger charge is 2.15. The quantitative estimate of drug-likeness (QED) is 0.218. The van der Waals surface area contributed by atoms with Crippen molar-refractivity contribution in [2.45, 2.75) is 0 Å². The van der Waals surface area contributed by atoms with Gasteiger partial charge in [-0.25, -0.2) is 0 Å². The van der Waals surface area contributed by atoms with Gasteiger partial charge in [-0.2, -0.15) is 0 Å². The van der Waals surface area contributed by atoms with Gasteiger partial charge < -0.3 is 0 Å². The maximum absolute atomic E-state index is 6.01. The van der Waals surface area contributed by atoms with Crippen LogP contribution in [0, 0.1) is 7.14 Å². The fourth-order valence-electron chi connectivity index (χ4n) is 0.578. The molecule has 0 aliphatic carbocycles.